The van der Waals surface area contributed by atoms with E-state index < -0.39 is 0 Å². The van der Waals surface area contributed by atoms with Crippen molar-refractivity contribution >= 4 is 5.97 Å². The molecule has 16 heavy (non-hydrogen) atoms. The number of carbonyl (C=O) groups is 1. The third kappa shape index (κ3) is 2.22. The van der Waals surface area contributed by atoms with E-state index in [0.29, 0.717) is 12.2 Å². The summed E-state index contributed by atoms with van der Waals surface area (Å²) in [7, 11) is 0. The number of aromatic nitrogens is 4. The number of nitrogens with zero attached hydrogens (tertiary/aromatic N) is 3. The first kappa shape index (κ1) is 10.3. The van der Waals surface area contributed by atoms with Crippen molar-refractivity contribution in [1.82, 2.24) is 20.2 Å². The molecule has 0 atom stereocenters. The minimum absolute atomic E-state index is 0.0404. The van der Waals surface area contributed by atoms with E-state index in [1.807, 2.05) is 0 Å². The first-order chi connectivity index (χ1) is 7.79. The summed E-state index contributed by atoms with van der Waals surface area (Å²) in [5.74, 6) is 0.182. The molecule has 0 amide bonds. The van der Waals surface area contributed by atoms with E-state index >= 15 is 0 Å². The van der Waals surface area contributed by atoms with Crippen LogP contribution in [0.1, 0.15) is 13.3 Å². The van der Waals surface area contributed by atoms with Gasteiger partial charge in [0, 0.05) is 24.4 Å². The van der Waals surface area contributed by atoms with Crippen LogP contribution in [0, 0.1) is 0 Å². The van der Waals surface area contributed by atoms with Crippen molar-refractivity contribution < 1.29 is 9.53 Å². The minimum Gasteiger partial charge on any atom is -0.390 e. The number of H-pyrrole nitrogens is 1. The Labute approximate surface area is 91.7 Å². The van der Waals surface area contributed by atoms with E-state index in [9.17, 15) is 4.79 Å². The average Bonchev–Trinajstić information content (AvgIpc) is 2.78. The van der Waals surface area contributed by atoms with Crippen LogP contribution in [0.15, 0.2) is 24.5 Å². The molecule has 0 aromatic carbocycles. The largest absolute Gasteiger partial charge is 0.390 e. The van der Waals surface area contributed by atoms with Gasteiger partial charge in [0.05, 0.1) is 0 Å². The summed E-state index contributed by atoms with van der Waals surface area (Å²) < 4.78 is 4.86. The normalized spacial score (nSPS) is 10.1. The first-order valence-electron chi connectivity index (χ1n) is 4.83. The Morgan fingerprint density at radius 3 is 2.88 bits per heavy atom. The van der Waals surface area contributed by atoms with Gasteiger partial charge >= 0.3 is 12.0 Å². The van der Waals surface area contributed by atoms with Gasteiger partial charge in [-0.3, -0.25) is 14.9 Å². The van der Waals surface area contributed by atoms with E-state index in [0.717, 1.165) is 5.56 Å². The molecule has 82 valence electrons. The van der Waals surface area contributed by atoms with E-state index in [2.05, 4.69) is 20.2 Å². The molecule has 0 spiro atoms. The van der Waals surface area contributed by atoms with Crippen LogP contribution >= 0.6 is 0 Å². The molecule has 0 saturated heterocycles. The van der Waals surface area contributed by atoms with E-state index in [1.54, 1.807) is 31.5 Å². The topological polar surface area (TPSA) is 80.8 Å². The number of carbonyl (C=O) groups excluding carboxylic acids is 1. The molecule has 0 aliphatic heterocycles. The number of hydrogen-bond donors (Lipinski definition) is 1. The van der Waals surface area contributed by atoms with Crippen LogP contribution in [0.25, 0.3) is 11.4 Å². The second-order valence-corrected chi connectivity index (χ2v) is 3.03. The van der Waals surface area contributed by atoms with Gasteiger partial charge in [-0.1, -0.05) is 6.92 Å². The fourth-order valence-corrected chi connectivity index (χ4v) is 1.10. The van der Waals surface area contributed by atoms with Crippen LogP contribution in [-0.4, -0.2) is 26.1 Å². The monoisotopic (exact) mass is 218 g/mol. The Kier molecular flexibility index (Phi) is 2.90. The molecule has 0 bridgehead atoms. The standard InChI is InChI=1S/C10H10N4O2/c1-2-8(15)16-10-12-9(13-14-10)7-3-5-11-6-4-7/h3-6H,2H2,1H3,(H,12,13,14). The van der Waals surface area contributed by atoms with Crippen LogP contribution in [-0.2, 0) is 4.79 Å². The zero-order valence-electron chi connectivity index (χ0n) is 8.67. The molecule has 2 rings (SSSR count). The lowest BCUT2D eigenvalue weighted by atomic mass is 10.3. The number of hydrogen-bond acceptors (Lipinski definition) is 5. The highest BCUT2D eigenvalue weighted by Crippen LogP contribution is 2.15. The summed E-state index contributed by atoms with van der Waals surface area (Å²) in [6.07, 6.45) is 3.59. The van der Waals surface area contributed by atoms with Crippen molar-refractivity contribution in [3.8, 4) is 17.4 Å². The lowest BCUT2D eigenvalue weighted by Gasteiger charge is -1.94. The summed E-state index contributed by atoms with van der Waals surface area (Å²) in [6.45, 7) is 1.71. The Bertz CT molecular complexity index is 481. The van der Waals surface area contributed by atoms with Gasteiger partial charge in [0.25, 0.3) is 0 Å². The smallest absolute Gasteiger partial charge is 0.343 e. The van der Waals surface area contributed by atoms with Gasteiger partial charge in [0.1, 0.15) is 0 Å². The van der Waals surface area contributed by atoms with Gasteiger partial charge in [-0.2, -0.15) is 4.98 Å². The number of rotatable bonds is 3. The van der Waals surface area contributed by atoms with Crippen LogP contribution in [0.4, 0.5) is 0 Å². The highest BCUT2D eigenvalue weighted by molar-refractivity contribution is 5.71. The second kappa shape index (κ2) is 4.52. The van der Waals surface area contributed by atoms with Crippen molar-refractivity contribution in [3.63, 3.8) is 0 Å². The molecule has 6 heteroatoms. The Hall–Kier alpha value is -2.24. The van der Waals surface area contributed by atoms with Crippen LogP contribution < -0.4 is 4.74 Å². The molecule has 1 N–H and O–H groups in total. The molecular formula is C10H10N4O2. The predicted molar refractivity (Wildman–Crippen MR) is 55.5 cm³/mol. The zero-order valence-corrected chi connectivity index (χ0v) is 8.67. The molecule has 0 unspecified atom stereocenters. The molecule has 2 aromatic rings. The summed E-state index contributed by atoms with van der Waals surface area (Å²) >= 11 is 0. The summed E-state index contributed by atoms with van der Waals surface area (Å²) in [5.41, 5.74) is 0.835. The molecule has 0 aliphatic rings. The molecule has 6 nitrogen and oxygen atoms in total. The van der Waals surface area contributed by atoms with E-state index in [4.69, 9.17) is 4.74 Å². The number of nitrogens with one attached hydrogen (secondary N) is 1. The minimum atomic E-state index is -0.361. The van der Waals surface area contributed by atoms with Crippen molar-refractivity contribution in [2.45, 2.75) is 13.3 Å². The number of pyridine rings is 1. The maximum Gasteiger partial charge on any atom is 0.343 e. The SMILES string of the molecule is CCC(=O)Oc1n[nH]c(-c2ccncc2)n1. The molecular weight excluding hydrogens is 208 g/mol. The molecule has 0 fully saturated rings. The second-order valence-electron chi connectivity index (χ2n) is 3.03. The summed E-state index contributed by atoms with van der Waals surface area (Å²) in [6, 6.07) is 3.61. The summed E-state index contributed by atoms with van der Waals surface area (Å²) in [5, 5.41) is 6.47. The van der Waals surface area contributed by atoms with Gasteiger partial charge in [-0.25, -0.2) is 0 Å². The first-order valence-corrected chi connectivity index (χ1v) is 4.83. The van der Waals surface area contributed by atoms with Gasteiger partial charge in [-0.15, -0.1) is 5.10 Å². The van der Waals surface area contributed by atoms with Gasteiger partial charge in [0.2, 0.25) is 0 Å². The fraction of sp³-hybridized carbons (Fsp3) is 0.200. The fourth-order valence-electron chi connectivity index (χ4n) is 1.10. The van der Waals surface area contributed by atoms with Gasteiger partial charge < -0.3 is 4.74 Å². The van der Waals surface area contributed by atoms with Crippen molar-refractivity contribution in [3.05, 3.63) is 24.5 Å². The quantitative estimate of drug-likeness (QED) is 0.782. The molecule has 2 aromatic heterocycles. The van der Waals surface area contributed by atoms with E-state index in [1.165, 1.54) is 0 Å². The van der Waals surface area contributed by atoms with Gasteiger partial charge in [0.15, 0.2) is 5.82 Å². The summed E-state index contributed by atoms with van der Waals surface area (Å²) in [4.78, 5) is 18.9. The Balaban J connectivity index is 2.17. The van der Waals surface area contributed by atoms with E-state index in [-0.39, 0.29) is 12.0 Å². The maximum absolute atomic E-state index is 11.0. The third-order valence-corrected chi connectivity index (χ3v) is 1.91. The number of aromatic amines is 1. The van der Waals surface area contributed by atoms with Crippen molar-refractivity contribution in [2.75, 3.05) is 0 Å². The lowest BCUT2D eigenvalue weighted by Crippen LogP contribution is -2.06. The number of ether oxygens (including phenoxy) is 1. The molecule has 0 radical (unpaired) electrons. The Morgan fingerprint density at radius 1 is 1.44 bits per heavy atom. The van der Waals surface area contributed by atoms with Crippen LogP contribution in [0.5, 0.6) is 6.01 Å². The molecule has 0 saturated carbocycles. The zero-order chi connectivity index (χ0) is 11.4. The highest BCUT2D eigenvalue weighted by Gasteiger charge is 2.09. The molecule has 2 heterocycles. The van der Waals surface area contributed by atoms with Gasteiger partial charge in [-0.05, 0) is 12.1 Å². The van der Waals surface area contributed by atoms with Crippen LogP contribution in [0.2, 0.25) is 0 Å². The molecule has 0 aliphatic carbocycles. The third-order valence-electron chi connectivity index (χ3n) is 1.91. The van der Waals surface area contributed by atoms with Crippen LogP contribution in [0.3, 0.4) is 0 Å². The highest BCUT2D eigenvalue weighted by atomic mass is 16.5. The van der Waals surface area contributed by atoms with Crippen molar-refractivity contribution in [2.24, 2.45) is 0 Å². The van der Waals surface area contributed by atoms with Crippen molar-refractivity contribution in [1.29, 1.82) is 0 Å². The lowest BCUT2D eigenvalue weighted by molar-refractivity contribution is -0.134. The predicted octanol–water partition coefficient (Wildman–Crippen LogP) is 1.18. The maximum atomic E-state index is 11.0. The Morgan fingerprint density at radius 2 is 2.19 bits per heavy atom. The number of esters is 1. The average molecular weight is 218 g/mol.